The van der Waals surface area contributed by atoms with Crippen molar-refractivity contribution in [3.8, 4) is 0 Å². The largest absolute Gasteiger partial charge is 0.467 e. The van der Waals surface area contributed by atoms with Crippen LogP contribution in [0.2, 0.25) is 0 Å². The molecule has 0 spiro atoms. The van der Waals surface area contributed by atoms with Crippen LogP contribution in [0.3, 0.4) is 0 Å². The van der Waals surface area contributed by atoms with E-state index in [0.717, 1.165) is 4.68 Å². The summed E-state index contributed by atoms with van der Waals surface area (Å²) in [5.74, 6) is -1.17. The van der Waals surface area contributed by atoms with E-state index in [1.807, 2.05) is 0 Å². The van der Waals surface area contributed by atoms with E-state index in [4.69, 9.17) is 10.5 Å². The molecule has 0 saturated carbocycles. The molecule has 1 unspecified atom stereocenters. The monoisotopic (exact) mass is 256 g/mol. The molecule has 0 bridgehead atoms. The Labute approximate surface area is 104 Å². The summed E-state index contributed by atoms with van der Waals surface area (Å²) < 4.78 is 10.6. The Morgan fingerprint density at radius 3 is 2.61 bits per heavy atom. The van der Waals surface area contributed by atoms with Crippen LogP contribution in [-0.4, -0.2) is 40.6 Å². The first-order chi connectivity index (χ1) is 8.56. The minimum atomic E-state index is -0.703. The van der Waals surface area contributed by atoms with Crippen LogP contribution in [0.1, 0.15) is 36.8 Å². The highest BCUT2D eigenvalue weighted by atomic mass is 16.5. The van der Waals surface area contributed by atoms with Gasteiger partial charge in [-0.15, -0.1) is 5.10 Å². The summed E-state index contributed by atoms with van der Waals surface area (Å²) in [6, 6.07) is -0.703. The summed E-state index contributed by atoms with van der Waals surface area (Å²) in [7, 11) is 1.27. The minimum Gasteiger partial charge on any atom is -0.467 e. The van der Waals surface area contributed by atoms with Crippen molar-refractivity contribution in [3.63, 3.8) is 0 Å². The number of nitrogens with zero attached hydrogens (tertiary/aromatic N) is 3. The predicted molar refractivity (Wildman–Crippen MR) is 61.7 cm³/mol. The van der Waals surface area contributed by atoms with Crippen molar-refractivity contribution < 1.29 is 19.1 Å². The molecule has 100 valence electrons. The number of rotatable bonds is 5. The number of carbonyl (C=O) groups is 2. The zero-order valence-electron chi connectivity index (χ0n) is 10.5. The van der Waals surface area contributed by atoms with E-state index in [9.17, 15) is 9.59 Å². The Bertz CT molecular complexity index is 443. The maximum Gasteiger partial charge on any atom is 0.362 e. The van der Waals surface area contributed by atoms with E-state index in [2.05, 4.69) is 15.0 Å². The fraction of sp³-hybridized carbons (Fsp3) is 0.600. The number of nitrogen functional groups attached to an aromatic ring is 1. The van der Waals surface area contributed by atoms with Crippen molar-refractivity contribution in [1.29, 1.82) is 0 Å². The third-order valence-corrected chi connectivity index (χ3v) is 2.35. The molecular weight excluding hydrogens is 240 g/mol. The van der Waals surface area contributed by atoms with Gasteiger partial charge in [0.15, 0.2) is 11.9 Å². The molecule has 0 amide bonds. The van der Waals surface area contributed by atoms with Crippen LogP contribution < -0.4 is 5.73 Å². The average molecular weight is 256 g/mol. The number of anilines is 1. The second-order valence-electron chi connectivity index (χ2n) is 3.44. The summed E-state index contributed by atoms with van der Waals surface area (Å²) in [6.07, 6.45) is 0.419. The second-order valence-corrected chi connectivity index (χ2v) is 3.44. The van der Waals surface area contributed by atoms with Gasteiger partial charge in [-0.3, -0.25) is 0 Å². The highest BCUT2D eigenvalue weighted by Crippen LogP contribution is 2.19. The third kappa shape index (κ3) is 2.58. The van der Waals surface area contributed by atoms with Crippen LogP contribution in [0.25, 0.3) is 0 Å². The molecule has 1 rings (SSSR count). The van der Waals surface area contributed by atoms with Crippen LogP contribution in [0.5, 0.6) is 0 Å². The predicted octanol–water partition coefficient (Wildman–Crippen LogP) is 0.161. The van der Waals surface area contributed by atoms with E-state index < -0.39 is 18.0 Å². The highest BCUT2D eigenvalue weighted by Gasteiger charge is 2.27. The molecule has 18 heavy (non-hydrogen) atoms. The standard InChI is InChI=1S/C10H16N4O4/c1-4-6(9(15)17-3)14-8(11)7(12-13-14)10(16)18-5-2/h6H,4-5,11H2,1-3H3. The maximum atomic E-state index is 11.5. The normalized spacial score (nSPS) is 11.9. The lowest BCUT2D eigenvalue weighted by atomic mass is 10.2. The number of esters is 2. The van der Waals surface area contributed by atoms with Gasteiger partial charge < -0.3 is 15.2 Å². The Hall–Kier alpha value is -2.12. The quantitative estimate of drug-likeness (QED) is 0.747. The van der Waals surface area contributed by atoms with Crippen molar-refractivity contribution >= 4 is 17.8 Å². The van der Waals surface area contributed by atoms with Crippen molar-refractivity contribution in [3.05, 3.63) is 5.69 Å². The van der Waals surface area contributed by atoms with E-state index in [0.29, 0.717) is 6.42 Å². The SMILES string of the molecule is CCOC(=O)c1nnn(C(CC)C(=O)OC)c1N. The number of hydrogen-bond donors (Lipinski definition) is 1. The lowest BCUT2D eigenvalue weighted by Crippen LogP contribution is -2.23. The van der Waals surface area contributed by atoms with E-state index in [1.54, 1.807) is 13.8 Å². The van der Waals surface area contributed by atoms with E-state index in [-0.39, 0.29) is 18.1 Å². The van der Waals surface area contributed by atoms with Gasteiger partial charge >= 0.3 is 11.9 Å². The molecule has 8 nitrogen and oxygen atoms in total. The average Bonchev–Trinajstić information content (AvgIpc) is 2.73. The second kappa shape index (κ2) is 5.99. The fourth-order valence-electron chi connectivity index (χ4n) is 1.45. The van der Waals surface area contributed by atoms with Crippen LogP contribution >= 0.6 is 0 Å². The zero-order chi connectivity index (χ0) is 13.7. The van der Waals surface area contributed by atoms with Gasteiger partial charge in [0, 0.05) is 0 Å². The molecule has 0 aliphatic carbocycles. The summed E-state index contributed by atoms with van der Waals surface area (Å²) in [4.78, 5) is 23.0. The number of ether oxygens (including phenoxy) is 2. The molecule has 1 atom stereocenters. The van der Waals surface area contributed by atoms with Crippen molar-refractivity contribution in [2.75, 3.05) is 19.5 Å². The first-order valence-corrected chi connectivity index (χ1v) is 5.52. The zero-order valence-corrected chi connectivity index (χ0v) is 10.5. The molecule has 0 aliphatic rings. The van der Waals surface area contributed by atoms with Gasteiger partial charge in [0.1, 0.15) is 0 Å². The number of methoxy groups -OCH3 is 1. The molecule has 0 aromatic carbocycles. The van der Waals surface area contributed by atoms with Gasteiger partial charge in [-0.2, -0.15) is 0 Å². The Morgan fingerprint density at radius 1 is 1.44 bits per heavy atom. The number of hydrogen-bond acceptors (Lipinski definition) is 7. The molecule has 0 fully saturated rings. The molecular formula is C10H16N4O4. The van der Waals surface area contributed by atoms with Gasteiger partial charge in [0.25, 0.3) is 0 Å². The van der Waals surface area contributed by atoms with Crippen LogP contribution in [0.15, 0.2) is 0 Å². The summed E-state index contributed by atoms with van der Waals surface area (Å²) in [6.45, 7) is 3.65. The van der Waals surface area contributed by atoms with Crippen molar-refractivity contribution in [1.82, 2.24) is 15.0 Å². The molecule has 1 heterocycles. The lowest BCUT2D eigenvalue weighted by Gasteiger charge is -2.13. The topological polar surface area (TPSA) is 109 Å². The van der Waals surface area contributed by atoms with Crippen LogP contribution in [0.4, 0.5) is 5.82 Å². The summed E-state index contributed by atoms with van der Waals surface area (Å²) in [5, 5.41) is 7.32. The van der Waals surface area contributed by atoms with Gasteiger partial charge in [-0.05, 0) is 13.3 Å². The summed E-state index contributed by atoms with van der Waals surface area (Å²) >= 11 is 0. The first-order valence-electron chi connectivity index (χ1n) is 5.52. The molecule has 0 aliphatic heterocycles. The minimum absolute atomic E-state index is 0.00861. The van der Waals surface area contributed by atoms with Gasteiger partial charge in [-0.25, -0.2) is 14.3 Å². The fourth-order valence-corrected chi connectivity index (χ4v) is 1.45. The molecule has 2 N–H and O–H groups in total. The number of carbonyl (C=O) groups excluding carboxylic acids is 2. The molecule has 0 saturated heterocycles. The molecule has 0 radical (unpaired) electrons. The van der Waals surface area contributed by atoms with Crippen LogP contribution in [0, 0.1) is 0 Å². The first kappa shape index (κ1) is 13.9. The highest BCUT2D eigenvalue weighted by molar-refractivity contribution is 5.92. The molecule has 1 aromatic heterocycles. The number of aromatic nitrogens is 3. The molecule has 1 aromatic rings. The van der Waals surface area contributed by atoms with E-state index >= 15 is 0 Å². The van der Waals surface area contributed by atoms with Crippen molar-refractivity contribution in [2.24, 2.45) is 0 Å². The van der Waals surface area contributed by atoms with Gasteiger partial charge in [0.2, 0.25) is 5.69 Å². The Balaban J connectivity index is 3.05. The smallest absolute Gasteiger partial charge is 0.362 e. The van der Waals surface area contributed by atoms with Crippen LogP contribution in [-0.2, 0) is 14.3 Å². The maximum absolute atomic E-state index is 11.5. The molecule has 8 heteroatoms. The Morgan fingerprint density at radius 2 is 2.11 bits per heavy atom. The Kier molecular flexibility index (Phi) is 4.64. The van der Waals surface area contributed by atoms with Gasteiger partial charge in [-0.1, -0.05) is 12.1 Å². The number of nitrogens with two attached hydrogens (primary N) is 1. The summed E-state index contributed by atoms with van der Waals surface area (Å²) in [5.41, 5.74) is 5.63. The van der Waals surface area contributed by atoms with E-state index in [1.165, 1.54) is 7.11 Å². The lowest BCUT2D eigenvalue weighted by molar-refractivity contribution is -0.145. The van der Waals surface area contributed by atoms with Crippen molar-refractivity contribution in [2.45, 2.75) is 26.3 Å². The van der Waals surface area contributed by atoms with Gasteiger partial charge in [0.05, 0.1) is 13.7 Å². The third-order valence-electron chi connectivity index (χ3n) is 2.35.